The maximum absolute atomic E-state index is 12.6. The number of rotatable bonds is 4. The summed E-state index contributed by atoms with van der Waals surface area (Å²) in [6.45, 7) is 1.07. The number of aliphatic hydroxyl groups is 1. The molecule has 18 heavy (non-hydrogen) atoms. The minimum Gasteiger partial charge on any atom is -0.396 e. The molecular weight excluding hydrogens is 228 g/mol. The van der Waals surface area contributed by atoms with E-state index in [0.717, 1.165) is 57.9 Å². The summed E-state index contributed by atoms with van der Waals surface area (Å²) in [4.78, 5) is 14.6. The van der Waals surface area contributed by atoms with Gasteiger partial charge in [-0.3, -0.25) is 4.79 Å². The molecule has 1 unspecified atom stereocenters. The Labute approximate surface area is 110 Å². The van der Waals surface area contributed by atoms with E-state index < -0.39 is 5.54 Å². The van der Waals surface area contributed by atoms with Gasteiger partial charge in [-0.25, -0.2) is 0 Å². The molecule has 1 aliphatic carbocycles. The van der Waals surface area contributed by atoms with Gasteiger partial charge in [-0.2, -0.15) is 0 Å². The van der Waals surface area contributed by atoms with Crippen LogP contribution in [0, 0.1) is 0 Å². The summed E-state index contributed by atoms with van der Waals surface area (Å²) in [5.41, 5.74) is 5.74. The van der Waals surface area contributed by atoms with Crippen LogP contribution in [0.4, 0.5) is 0 Å². The summed E-state index contributed by atoms with van der Waals surface area (Å²) in [7, 11) is 0. The van der Waals surface area contributed by atoms with Crippen molar-refractivity contribution < 1.29 is 9.90 Å². The summed E-state index contributed by atoms with van der Waals surface area (Å²) in [5.74, 6) is 0.169. The van der Waals surface area contributed by atoms with Gasteiger partial charge in [0.1, 0.15) is 0 Å². The lowest BCUT2D eigenvalue weighted by atomic mass is 9.81. The molecule has 1 saturated carbocycles. The van der Waals surface area contributed by atoms with Gasteiger partial charge in [0.15, 0.2) is 0 Å². The zero-order valence-corrected chi connectivity index (χ0v) is 11.2. The number of nitrogens with two attached hydrogens (primary N) is 1. The van der Waals surface area contributed by atoms with Gasteiger partial charge in [-0.05, 0) is 38.5 Å². The van der Waals surface area contributed by atoms with Crippen molar-refractivity contribution in [1.29, 1.82) is 0 Å². The highest BCUT2D eigenvalue weighted by Crippen LogP contribution is 2.31. The highest BCUT2D eigenvalue weighted by Gasteiger charge is 2.41. The normalized spacial score (nSPS) is 27.4. The first-order valence-corrected chi connectivity index (χ1v) is 7.38. The first-order valence-electron chi connectivity index (χ1n) is 7.38. The van der Waals surface area contributed by atoms with E-state index in [1.807, 2.05) is 4.90 Å². The highest BCUT2D eigenvalue weighted by atomic mass is 16.3. The third-order valence-corrected chi connectivity index (χ3v) is 4.51. The molecule has 0 radical (unpaired) electrons. The Bertz CT molecular complexity index is 288. The Balaban J connectivity index is 1.98. The van der Waals surface area contributed by atoms with Gasteiger partial charge in [0.05, 0.1) is 5.54 Å². The third kappa shape index (κ3) is 2.86. The van der Waals surface area contributed by atoms with Crippen LogP contribution in [0.1, 0.15) is 57.8 Å². The van der Waals surface area contributed by atoms with E-state index in [4.69, 9.17) is 10.8 Å². The second-order valence-corrected chi connectivity index (χ2v) is 5.88. The molecular formula is C14H26N2O2. The van der Waals surface area contributed by atoms with E-state index in [0.29, 0.717) is 6.04 Å². The summed E-state index contributed by atoms with van der Waals surface area (Å²) in [6, 6.07) is 0.312. The Morgan fingerprint density at radius 3 is 2.67 bits per heavy atom. The monoisotopic (exact) mass is 254 g/mol. The van der Waals surface area contributed by atoms with Crippen molar-refractivity contribution in [3.63, 3.8) is 0 Å². The van der Waals surface area contributed by atoms with Crippen LogP contribution in [0.25, 0.3) is 0 Å². The lowest BCUT2D eigenvalue weighted by Gasteiger charge is -2.37. The number of hydrogen-bond donors (Lipinski definition) is 2. The van der Waals surface area contributed by atoms with Gasteiger partial charge in [0.2, 0.25) is 5.91 Å². The molecule has 1 heterocycles. The van der Waals surface area contributed by atoms with Crippen LogP contribution in [0.5, 0.6) is 0 Å². The summed E-state index contributed by atoms with van der Waals surface area (Å²) in [6.07, 6.45) is 8.91. The van der Waals surface area contributed by atoms with Crippen molar-refractivity contribution in [2.45, 2.75) is 69.4 Å². The number of carbonyl (C=O) groups excluding carboxylic acids is 1. The maximum atomic E-state index is 12.6. The Morgan fingerprint density at radius 2 is 2.00 bits per heavy atom. The van der Waals surface area contributed by atoms with Gasteiger partial charge in [-0.1, -0.05) is 19.3 Å². The van der Waals surface area contributed by atoms with E-state index in [9.17, 15) is 4.79 Å². The van der Waals surface area contributed by atoms with Crippen molar-refractivity contribution in [1.82, 2.24) is 4.90 Å². The van der Waals surface area contributed by atoms with Gasteiger partial charge >= 0.3 is 0 Å². The molecule has 0 bridgehead atoms. The molecule has 4 heteroatoms. The number of hydrogen-bond acceptors (Lipinski definition) is 3. The molecule has 2 fully saturated rings. The van der Waals surface area contributed by atoms with E-state index in [1.54, 1.807) is 0 Å². The van der Waals surface area contributed by atoms with Gasteiger partial charge < -0.3 is 15.7 Å². The number of aliphatic hydroxyl groups excluding tert-OH is 1. The topological polar surface area (TPSA) is 66.6 Å². The molecule has 2 rings (SSSR count). The molecule has 104 valence electrons. The molecule has 0 aromatic carbocycles. The van der Waals surface area contributed by atoms with Crippen LogP contribution < -0.4 is 5.73 Å². The second kappa shape index (κ2) is 6.02. The first kappa shape index (κ1) is 13.8. The number of likely N-dealkylation sites (tertiary alicyclic amines) is 1. The predicted molar refractivity (Wildman–Crippen MR) is 71.1 cm³/mol. The average Bonchev–Trinajstić information content (AvgIpc) is 2.84. The van der Waals surface area contributed by atoms with Gasteiger partial charge in [0.25, 0.3) is 0 Å². The van der Waals surface area contributed by atoms with Crippen LogP contribution in [-0.2, 0) is 4.79 Å². The maximum Gasteiger partial charge on any atom is 0.242 e. The summed E-state index contributed by atoms with van der Waals surface area (Å²) >= 11 is 0. The van der Waals surface area contributed by atoms with Crippen molar-refractivity contribution in [3.05, 3.63) is 0 Å². The molecule has 3 N–H and O–H groups in total. The number of amides is 1. The van der Waals surface area contributed by atoms with Crippen LogP contribution in [0.2, 0.25) is 0 Å². The van der Waals surface area contributed by atoms with E-state index in [-0.39, 0.29) is 12.5 Å². The fourth-order valence-corrected chi connectivity index (χ4v) is 3.41. The van der Waals surface area contributed by atoms with E-state index in [2.05, 4.69) is 0 Å². The average molecular weight is 254 g/mol. The molecule has 0 spiro atoms. The minimum absolute atomic E-state index is 0.169. The Morgan fingerprint density at radius 1 is 1.28 bits per heavy atom. The van der Waals surface area contributed by atoms with Gasteiger partial charge in [-0.15, -0.1) is 0 Å². The molecule has 4 nitrogen and oxygen atoms in total. The lowest BCUT2D eigenvalue weighted by Crippen LogP contribution is -2.57. The van der Waals surface area contributed by atoms with Crippen LogP contribution >= 0.6 is 0 Å². The summed E-state index contributed by atoms with van der Waals surface area (Å²) < 4.78 is 0. The molecule has 0 aromatic heterocycles. The highest BCUT2D eigenvalue weighted by molar-refractivity contribution is 5.86. The Hall–Kier alpha value is -0.610. The van der Waals surface area contributed by atoms with Crippen molar-refractivity contribution in [2.75, 3.05) is 13.2 Å². The zero-order valence-electron chi connectivity index (χ0n) is 11.2. The molecule has 0 aromatic rings. The largest absolute Gasteiger partial charge is 0.396 e. The fraction of sp³-hybridized carbons (Fsp3) is 0.929. The van der Waals surface area contributed by atoms with Crippen LogP contribution in [0.15, 0.2) is 0 Å². The van der Waals surface area contributed by atoms with Crippen LogP contribution in [0.3, 0.4) is 0 Å². The zero-order chi connectivity index (χ0) is 13.0. The van der Waals surface area contributed by atoms with E-state index in [1.165, 1.54) is 6.42 Å². The quantitative estimate of drug-likeness (QED) is 0.797. The smallest absolute Gasteiger partial charge is 0.242 e. The molecule has 1 atom stereocenters. The fourth-order valence-electron chi connectivity index (χ4n) is 3.41. The lowest BCUT2D eigenvalue weighted by molar-refractivity contribution is -0.139. The van der Waals surface area contributed by atoms with Crippen LogP contribution in [-0.4, -0.2) is 40.6 Å². The first-order chi connectivity index (χ1) is 8.67. The van der Waals surface area contributed by atoms with Crippen molar-refractivity contribution in [2.24, 2.45) is 5.73 Å². The predicted octanol–water partition coefficient (Wildman–Crippen LogP) is 1.41. The van der Waals surface area contributed by atoms with E-state index >= 15 is 0 Å². The SMILES string of the molecule is NC1(C(=O)N2CCCC2CCCO)CCCCC1. The van der Waals surface area contributed by atoms with Gasteiger partial charge in [0, 0.05) is 19.2 Å². The standard InChI is InChI=1S/C14H26N2O2/c15-14(8-2-1-3-9-14)13(18)16-10-4-6-12(16)7-5-11-17/h12,17H,1-11,15H2. The molecule has 1 aliphatic heterocycles. The van der Waals surface area contributed by atoms with Crippen molar-refractivity contribution in [3.8, 4) is 0 Å². The Kier molecular flexibility index (Phi) is 4.62. The summed E-state index contributed by atoms with van der Waals surface area (Å²) in [5, 5.41) is 8.92. The molecule has 1 saturated heterocycles. The number of nitrogens with zero attached hydrogens (tertiary/aromatic N) is 1. The molecule has 2 aliphatic rings. The third-order valence-electron chi connectivity index (χ3n) is 4.51. The minimum atomic E-state index is -0.597. The van der Waals surface area contributed by atoms with Crippen molar-refractivity contribution >= 4 is 5.91 Å². The number of carbonyl (C=O) groups is 1. The second-order valence-electron chi connectivity index (χ2n) is 5.88. The molecule has 1 amide bonds.